The normalized spacial score (nSPS) is 10.4. The van der Waals surface area contributed by atoms with Gasteiger partial charge < -0.3 is 4.90 Å². The van der Waals surface area contributed by atoms with Gasteiger partial charge in [-0.25, -0.2) is 4.98 Å². The molecule has 2 aromatic rings. The van der Waals surface area contributed by atoms with Crippen molar-refractivity contribution in [3.05, 3.63) is 35.9 Å². The Hall–Kier alpha value is -1.49. The van der Waals surface area contributed by atoms with Crippen molar-refractivity contribution in [1.29, 1.82) is 0 Å². The molecule has 2 heterocycles. The lowest BCUT2D eigenvalue weighted by Crippen LogP contribution is -2.16. The van der Waals surface area contributed by atoms with Gasteiger partial charge in [0.1, 0.15) is 5.82 Å². The number of anilines is 1. The lowest BCUT2D eigenvalue weighted by molar-refractivity contribution is 0.893. The summed E-state index contributed by atoms with van der Waals surface area (Å²) in [5.74, 6) is 0.915. The molecule has 0 unspecified atom stereocenters. The minimum Gasteiger partial charge on any atom is -0.346 e. The molecule has 0 saturated heterocycles. The Bertz CT molecular complexity index is 440. The van der Waals surface area contributed by atoms with Gasteiger partial charge >= 0.3 is 0 Å². The highest BCUT2D eigenvalue weighted by atomic mass is 32.1. The fraction of sp³-hybridized carbons (Fsp3) is 0.364. The second-order valence-corrected chi connectivity index (χ2v) is 4.29. The average molecular weight is 234 g/mol. The van der Waals surface area contributed by atoms with Gasteiger partial charge in [-0.2, -0.15) is 4.37 Å². The molecule has 0 aliphatic heterocycles. The number of rotatable bonds is 4. The van der Waals surface area contributed by atoms with Gasteiger partial charge in [-0.3, -0.25) is 4.98 Å². The zero-order valence-electron chi connectivity index (χ0n) is 9.42. The van der Waals surface area contributed by atoms with E-state index in [1.807, 2.05) is 19.3 Å². The third kappa shape index (κ3) is 2.55. The highest BCUT2D eigenvalue weighted by molar-refractivity contribution is 7.09. The van der Waals surface area contributed by atoms with E-state index in [4.69, 9.17) is 0 Å². The molecule has 0 aliphatic carbocycles. The molecule has 0 radical (unpaired) electrons. The topological polar surface area (TPSA) is 41.9 Å². The van der Waals surface area contributed by atoms with Gasteiger partial charge in [0.2, 0.25) is 5.13 Å². The average Bonchev–Trinajstić information content (AvgIpc) is 2.79. The lowest BCUT2D eigenvalue weighted by Gasteiger charge is -2.14. The summed E-state index contributed by atoms with van der Waals surface area (Å²) in [7, 11) is 2.02. The first-order valence-electron chi connectivity index (χ1n) is 5.22. The molecule has 16 heavy (non-hydrogen) atoms. The van der Waals surface area contributed by atoms with Crippen molar-refractivity contribution in [3.8, 4) is 0 Å². The van der Waals surface area contributed by atoms with E-state index in [-0.39, 0.29) is 0 Å². The van der Waals surface area contributed by atoms with Gasteiger partial charge in [0, 0.05) is 43.9 Å². The van der Waals surface area contributed by atoms with Crippen molar-refractivity contribution in [3.63, 3.8) is 0 Å². The zero-order valence-corrected chi connectivity index (χ0v) is 10.2. The Morgan fingerprint density at radius 2 is 2.31 bits per heavy atom. The molecular formula is C11H14N4S. The fourth-order valence-corrected chi connectivity index (χ4v) is 2.08. The summed E-state index contributed by atoms with van der Waals surface area (Å²) in [4.78, 5) is 10.6. The molecule has 0 bridgehead atoms. The van der Waals surface area contributed by atoms with Gasteiger partial charge in [-0.15, -0.1) is 0 Å². The molecule has 2 aromatic heterocycles. The second kappa shape index (κ2) is 5.03. The molecule has 2 rings (SSSR count). The number of pyridine rings is 1. The predicted octanol–water partition coefficient (Wildman–Crippen LogP) is 2.13. The maximum Gasteiger partial charge on any atom is 0.205 e. The van der Waals surface area contributed by atoms with E-state index in [0.717, 1.165) is 23.9 Å². The standard InChI is InChI=1S/C11H14N4S/c1-3-10-13-11(16-14-10)15(2)8-9-5-4-6-12-7-9/h4-7H,3,8H2,1-2H3. The third-order valence-corrected chi connectivity index (χ3v) is 3.11. The van der Waals surface area contributed by atoms with E-state index in [1.54, 1.807) is 6.20 Å². The van der Waals surface area contributed by atoms with Crippen LogP contribution in [0.25, 0.3) is 0 Å². The van der Waals surface area contributed by atoms with Crippen LogP contribution in [-0.2, 0) is 13.0 Å². The van der Waals surface area contributed by atoms with E-state index < -0.39 is 0 Å². The minimum absolute atomic E-state index is 0.812. The van der Waals surface area contributed by atoms with Crippen LogP contribution in [0.1, 0.15) is 18.3 Å². The zero-order chi connectivity index (χ0) is 11.4. The summed E-state index contributed by atoms with van der Waals surface area (Å²) in [5, 5.41) is 0.959. The molecule has 4 nitrogen and oxygen atoms in total. The van der Waals surface area contributed by atoms with Crippen molar-refractivity contribution >= 4 is 16.7 Å². The summed E-state index contributed by atoms with van der Waals surface area (Å²) >= 11 is 1.45. The summed E-state index contributed by atoms with van der Waals surface area (Å²) < 4.78 is 4.27. The monoisotopic (exact) mass is 234 g/mol. The van der Waals surface area contributed by atoms with Crippen LogP contribution >= 0.6 is 11.5 Å². The molecular weight excluding hydrogens is 220 g/mol. The quantitative estimate of drug-likeness (QED) is 0.812. The number of hydrogen-bond donors (Lipinski definition) is 0. The Kier molecular flexibility index (Phi) is 3.46. The summed E-state index contributed by atoms with van der Waals surface area (Å²) in [6, 6.07) is 4.01. The lowest BCUT2D eigenvalue weighted by atomic mass is 10.3. The largest absolute Gasteiger partial charge is 0.346 e. The first-order valence-corrected chi connectivity index (χ1v) is 5.99. The Morgan fingerprint density at radius 1 is 1.44 bits per heavy atom. The van der Waals surface area contributed by atoms with Crippen LogP contribution in [0, 0.1) is 0 Å². The van der Waals surface area contributed by atoms with Gasteiger partial charge in [-0.1, -0.05) is 13.0 Å². The third-order valence-electron chi connectivity index (χ3n) is 2.24. The van der Waals surface area contributed by atoms with Gasteiger partial charge in [0.25, 0.3) is 0 Å². The predicted molar refractivity (Wildman–Crippen MR) is 65.6 cm³/mol. The van der Waals surface area contributed by atoms with Crippen molar-refractivity contribution in [2.75, 3.05) is 11.9 Å². The van der Waals surface area contributed by atoms with Crippen LogP contribution in [0.3, 0.4) is 0 Å². The van der Waals surface area contributed by atoms with Gasteiger partial charge in [0.15, 0.2) is 0 Å². The number of nitrogens with zero attached hydrogens (tertiary/aromatic N) is 4. The van der Waals surface area contributed by atoms with E-state index in [2.05, 4.69) is 32.2 Å². The summed E-state index contributed by atoms with van der Waals surface area (Å²) in [6.45, 7) is 2.87. The van der Waals surface area contributed by atoms with Crippen molar-refractivity contribution < 1.29 is 0 Å². The van der Waals surface area contributed by atoms with E-state index in [9.17, 15) is 0 Å². The summed E-state index contributed by atoms with van der Waals surface area (Å²) in [5.41, 5.74) is 1.18. The molecule has 0 spiro atoms. The molecule has 0 aromatic carbocycles. The van der Waals surface area contributed by atoms with Crippen LogP contribution in [0.5, 0.6) is 0 Å². The second-order valence-electron chi connectivity index (χ2n) is 3.56. The van der Waals surface area contributed by atoms with Crippen LogP contribution in [0.15, 0.2) is 24.5 Å². The van der Waals surface area contributed by atoms with Crippen LogP contribution in [0.2, 0.25) is 0 Å². The number of aromatic nitrogens is 3. The molecule has 5 heteroatoms. The number of hydrogen-bond acceptors (Lipinski definition) is 5. The highest BCUT2D eigenvalue weighted by Gasteiger charge is 2.07. The highest BCUT2D eigenvalue weighted by Crippen LogP contribution is 2.17. The maximum absolute atomic E-state index is 4.44. The Labute approximate surface area is 99.1 Å². The van der Waals surface area contributed by atoms with E-state index in [0.29, 0.717) is 0 Å². The van der Waals surface area contributed by atoms with Gasteiger partial charge in [-0.05, 0) is 11.6 Å². The smallest absolute Gasteiger partial charge is 0.205 e. The minimum atomic E-state index is 0.812. The first kappa shape index (κ1) is 11.0. The maximum atomic E-state index is 4.44. The van der Waals surface area contributed by atoms with E-state index >= 15 is 0 Å². The van der Waals surface area contributed by atoms with Crippen molar-refractivity contribution in [2.45, 2.75) is 19.9 Å². The molecule has 84 valence electrons. The molecule has 0 N–H and O–H groups in total. The van der Waals surface area contributed by atoms with Crippen molar-refractivity contribution in [1.82, 2.24) is 14.3 Å². The molecule has 0 saturated carbocycles. The SMILES string of the molecule is CCc1nsc(N(C)Cc2cccnc2)n1. The van der Waals surface area contributed by atoms with Gasteiger partial charge in [0.05, 0.1) is 0 Å². The van der Waals surface area contributed by atoms with Crippen molar-refractivity contribution in [2.24, 2.45) is 0 Å². The van der Waals surface area contributed by atoms with Crippen LogP contribution in [-0.4, -0.2) is 21.4 Å². The molecule has 0 amide bonds. The first-order chi connectivity index (χ1) is 7.79. The fourth-order valence-electron chi connectivity index (χ4n) is 1.38. The van der Waals surface area contributed by atoms with Crippen LogP contribution in [0.4, 0.5) is 5.13 Å². The molecule has 0 aliphatic rings. The van der Waals surface area contributed by atoms with Crippen LogP contribution < -0.4 is 4.90 Å². The summed E-state index contributed by atoms with van der Waals surface area (Å²) in [6.07, 6.45) is 4.54. The Balaban J connectivity index is 2.05. The van der Waals surface area contributed by atoms with E-state index in [1.165, 1.54) is 17.1 Å². The molecule has 0 atom stereocenters. The molecule has 0 fully saturated rings. The Morgan fingerprint density at radius 3 is 2.94 bits per heavy atom. The number of aryl methyl sites for hydroxylation is 1.